The maximum atomic E-state index is 5.22. The van der Waals surface area contributed by atoms with Gasteiger partial charge >= 0.3 is 0 Å². The van der Waals surface area contributed by atoms with Crippen LogP contribution in [0.4, 0.5) is 0 Å². The van der Waals surface area contributed by atoms with E-state index < -0.39 is 0 Å². The van der Waals surface area contributed by atoms with Crippen LogP contribution in [0.3, 0.4) is 0 Å². The minimum absolute atomic E-state index is 0.602. The lowest BCUT2D eigenvalue weighted by Gasteiger charge is -2.17. The molecule has 0 bridgehead atoms. The number of fused-ring (bicyclic) bond motifs is 6. The van der Waals surface area contributed by atoms with Crippen LogP contribution in [0, 0.1) is 0 Å². The van der Waals surface area contributed by atoms with Crippen LogP contribution in [0.2, 0.25) is 0 Å². The zero-order chi connectivity index (χ0) is 45.0. The summed E-state index contributed by atoms with van der Waals surface area (Å²) in [7, 11) is 0. The molecule has 0 aliphatic carbocycles. The number of hydrogen-bond donors (Lipinski definition) is 0. The molecule has 0 aliphatic heterocycles. The van der Waals surface area contributed by atoms with Gasteiger partial charge in [-0.3, -0.25) is 4.98 Å². The van der Waals surface area contributed by atoms with Crippen molar-refractivity contribution in [1.29, 1.82) is 0 Å². The number of hydrogen-bond acceptors (Lipinski definition) is 4. The van der Waals surface area contributed by atoms with Crippen LogP contribution in [0.1, 0.15) is 0 Å². The summed E-state index contributed by atoms with van der Waals surface area (Å²) in [6.07, 6.45) is 1.84. The molecule has 0 radical (unpaired) electrons. The van der Waals surface area contributed by atoms with E-state index in [0.717, 1.165) is 83.6 Å². The highest BCUT2D eigenvalue weighted by Crippen LogP contribution is 2.40. The summed E-state index contributed by atoms with van der Waals surface area (Å²) in [4.78, 5) is 20.1. The van der Waals surface area contributed by atoms with Crippen molar-refractivity contribution in [1.82, 2.24) is 29.1 Å². The van der Waals surface area contributed by atoms with Crippen LogP contribution in [-0.4, -0.2) is 29.1 Å². The van der Waals surface area contributed by atoms with Gasteiger partial charge in [-0.25, -0.2) is 15.0 Å². The molecular weight excluding hydrogens is 829 g/mol. The van der Waals surface area contributed by atoms with Crippen molar-refractivity contribution in [3.8, 4) is 79.0 Å². The first kappa shape index (κ1) is 39.1. The SMILES string of the molecule is c1ccc(-c2nc(-c3ccc(-c4cc(-c5cccc(-c6ccccn6)c5)ccc4-n4c5ccccc5c5ccccc54)cc3)nc(-c3cccc(-n4c5ccccc5c5ccccc54)c3)n2)cc1. The van der Waals surface area contributed by atoms with Crippen molar-refractivity contribution in [2.45, 2.75) is 0 Å². The fourth-order valence-corrected chi connectivity index (χ4v) is 9.85. The lowest BCUT2D eigenvalue weighted by molar-refractivity contribution is 1.07. The molecule has 0 fully saturated rings. The van der Waals surface area contributed by atoms with Gasteiger partial charge in [0.15, 0.2) is 17.5 Å². The van der Waals surface area contributed by atoms with E-state index in [4.69, 9.17) is 15.0 Å². The molecule has 9 aromatic carbocycles. The Balaban J connectivity index is 0.951. The molecule has 6 heteroatoms. The molecule has 318 valence electrons. The summed E-state index contributed by atoms with van der Waals surface area (Å²) < 4.78 is 4.73. The predicted octanol–water partition coefficient (Wildman–Crippen LogP) is 15.5. The number of nitrogens with zero attached hydrogens (tertiary/aromatic N) is 6. The van der Waals surface area contributed by atoms with Gasteiger partial charge in [-0.15, -0.1) is 0 Å². The minimum atomic E-state index is 0.602. The monoisotopic (exact) mass is 868 g/mol. The quantitative estimate of drug-likeness (QED) is 0.153. The second kappa shape index (κ2) is 16.3. The summed E-state index contributed by atoms with van der Waals surface area (Å²) in [5.74, 6) is 1.83. The fraction of sp³-hybridized carbons (Fsp3) is 0. The average Bonchev–Trinajstić information content (AvgIpc) is 3.94. The Kier molecular flexibility index (Phi) is 9.39. The van der Waals surface area contributed by atoms with E-state index in [1.807, 2.05) is 36.5 Å². The number of para-hydroxylation sites is 4. The second-order valence-electron chi connectivity index (χ2n) is 17.1. The van der Waals surface area contributed by atoms with Crippen molar-refractivity contribution < 1.29 is 0 Å². The fourth-order valence-electron chi connectivity index (χ4n) is 9.85. The van der Waals surface area contributed by atoms with Crippen molar-refractivity contribution in [2.75, 3.05) is 0 Å². The summed E-state index contributed by atoms with van der Waals surface area (Å²) in [5.41, 5.74) is 15.9. The van der Waals surface area contributed by atoms with Gasteiger partial charge in [-0.05, 0) is 83.4 Å². The maximum absolute atomic E-state index is 5.22. The lowest BCUT2D eigenvalue weighted by atomic mass is 9.95. The standard InChI is InChI=1S/C62H40N6/c1-2-16-42(17-3-1)60-64-61(66-62(65-60)47-20-15-21-48(39-47)67-55-27-8-4-22-49(55)50-23-5-9-28-56(50)67)43-33-31-41(32-34-43)53-40-45(44-18-14-19-46(38-44)54-26-12-13-37-63-54)35-36-59(53)68-57-29-10-6-24-51(57)52-25-7-11-30-58(52)68/h1-40H. The normalized spacial score (nSPS) is 11.5. The molecule has 6 nitrogen and oxygen atoms in total. The van der Waals surface area contributed by atoms with Crippen LogP contribution in [-0.2, 0) is 0 Å². The van der Waals surface area contributed by atoms with Crippen molar-refractivity contribution in [3.05, 3.63) is 243 Å². The summed E-state index contributed by atoms with van der Waals surface area (Å²) in [6, 6.07) is 83.4. The highest BCUT2D eigenvalue weighted by Gasteiger charge is 2.19. The first-order valence-electron chi connectivity index (χ1n) is 22.9. The smallest absolute Gasteiger partial charge is 0.164 e. The zero-order valence-electron chi connectivity index (χ0n) is 36.8. The molecule has 0 unspecified atom stereocenters. The summed E-state index contributed by atoms with van der Waals surface area (Å²) in [6.45, 7) is 0. The Hall–Kier alpha value is -9.26. The molecular formula is C62H40N6. The summed E-state index contributed by atoms with van der Waals surface area (Å²) >= 11 is 0. The number of aromatic nitrogens is 6. The van der Waals surface area contributed by atoms with Gasteiger partial charge in [0, 0.05) is 61.2 Å². The predicted molar refractivity (Wildman–Crippen MR) is 279 cm³/mol. The van der Waals surface area contributed by atoms with Crippen molar-refractivity contribution >= 4 is 43.6 Å². The van der Waals surface area contributed by atoms with E-state index in [0.29, 0.717) is 17.5 Å². The number of rotatable bonds is 8. The zero-order valence-corrected chi connectivity index (χ0v) is 36.8. The third-order valence-corrected chi connectivity index (χ3v) is 13.0. The van der Waals surface area contributed by atoms with E-state index in [1.54, 1.807) is 0 Å². The minimum Gasteiger partial charge on any atom is -0.309 e. The third kappa shape index (κ3) is 6.74. The van der Waals surface area contributed by atoms with Gasteiger partial charge < -0.3 is 9.13 Å². The molecule has 0 atom stereocenters. The molecule has 0 spiro atoms. The molecule has 0 saturated carbocycles. The molecule has 13 aromatic rings. The van der Waals surface area contributed by atoms with E-state index in [9.17, 15) is 0 Å². The van der Waals surface area contributed by atoms with E-state index in [2.05, 4.69) is 220 Å². The number of benzene rings is 9. The van der Waals surface area contributed by atoms with Gasteiger partial charge in [0.25, 0.3) is 0 Å². The van der Waals surface area contributed by atoms with E-state index >= 15 is 0 Å². The van der Waals surface area contributed by atoms with E-state index in [-0.39, 0.29) is 0 Å². The van der Waals surface area contributed by atoms with Crippen LogP contribution in [0.25, 0.3) is 123 Å². The Morgan fingerprint density at radius 3 is 1.35 bits per heavy atom. The van der Waals surface area contributed by atoms with Crippen molar-refractivity contribution in [3.63, 3.8) is 0 Å². The Morgan fingerprint density at radius 1 is 0.279 bits per heavy atom. The number of pyridine rings is 1. The van der Waals surface area contributed by atoms with Gasteiger partial charge in [-0.2, -0.15) is 0 Å². The van der Waals surface area contributed by atoms with E-state index in [1.165, 1.54) is 21.5 Å². The molecule has 68 heavy (non-hydrogen) atoms. The molecule has 0 N–H and O–H groups in total. The third-order valence-electron chi connectivity index (χ3n) is 13.0. The van der Waals surface area contributed by atoms with Crippen molar-refractivity contribution in [2.24, 2.45) is 0 Å². The van der Waals surface area contributed by atoms with Gasteiger partial charge in [-0.1, -0.05) is 170 Å². The largest absolute Gasteiger partial charge is 0.309 e. The van der Waals surface area contributed by atoms with Crippen LogP contribution >= 0.6 is 0 Å². The first-order chi connectivity index (χ1) is 33.7. The second-order valence-corrected chi connectivity index (χ2v) is 17.1. The van der Waals surface area contributed by atoms with Gasteiger partial charge in [0.1, 0.15) is 0 Å². The average molecular weight is 869 g/mol. The maximum Gasteiger partial charge on any atom is 0.164 e. The Bertz CT molecular complexity index is 3910. The Morgan fingerprint density at radius 2 is 0.735 bits per heavy atom. The highest BCUT2D eigenvalue weighted by atomic mass is 15.0. The summed E-state index contributed by atoms with van der Waals surface area (Å²) in [5, 5.41) is 4.87. The Labute approximate surface area is 392 Å². The van der Waals surface area contributed by atoms with Crippen LogP contribution in [0.5, 0.6) is 0 Å². The van der Waals surface area contributed by atoms with Crippen LogP contribution in [0.15, 0.2) is 243 Å². The van der Waals surface area contributed by atoms with Gasteiger partial charge in [0.2, 0.25) is 0 Å². The molecule has 0 saturated heterocycles. The molecule has 0 amide bonds. The molecule has 4 heterocycles. The van der Waals surface area contributed by atoms with Crippen LogP contribution < -0.4 is 0 Å². The van der Waals surface area contributed by atoms with Gasteiger partial charge in [0.05, 0.1) is 33.4 Å². The molecule has 0 aliphatic rings. The molecule has 13 rings (SSSR count). The molecule has 4 aromatic heterocycles. The first-order valence-corrected chi connectivity index (χ1v) is 22.9. The topological polar surface area (TPSA) is 61.4 Å². The highest BCUT2D eigenvalue weighted by molar-refractivity contribution is 6.10. The lowest BCUT2D eigenvalue weighted by Crippen LogP contribution is -2.01.